The third kappa shape index (κ3) is 7.82. The van der Waals surface area contributed by atoms with E-state index in [0.29, 0.717) is 17.1 Å². The molecule has 1 unspecified atom stereocenters. The molecule has 0 aliphatic rings. The maximum atomic E-state index is 12.4. The molecular formula is C24H28ClN2O4S+. The Morgan fingerprint density at radius 3 is 2.38 bits per heavy atom. The molecule has 0 spiro atoms. The molecule has 6 nitrogen and oxygen atoms in total. The van der Waals surface area contributed by atoms with Crippen LogP contribution in [0.25, 0.3) is 0 Å². The fourth-order valence-corrected chi connectivity index (χ4v) is 4.80. The Balaban J connectivity index is 1.43. The van der Waals surface area contributed by atoms with E-state index in [1.807, 2.05) is 18.2 Å². The molecule has 0 bridgehead atoms. The molecule has 3 aromatic rings. The van der Waals surface area contributed by atoms with Gasteiger partial charge in [-0.2, -0.15) is 0 Å². The van der Waals surface area contributed by atoms with Gasteiger partial charge in [0.25, 0.3) is 5.91 Å². The second-order valence-electron chi connectivity index (χ2n) is 7.87. The van der Waals surface area contributed by atoms with Gasteiger partial charge in [-0.15, -0.1) is 0 Å². The van der Waals surface area contributed by atoms with E-state index in [2.05, 4.69) is 24.5 Å². The highest BCUT2D eigenvalue weighted by Crippen LogP contribution is 2.17. The smallest absolute Gasteiger partial charge is 0.287 e. The Hall–Kier alpha value is -2.61. The lowest BCUT2D eigenvalue weighted by Crippen LogP contribution is -3.10. The van der Waals surface area contributed by atoms with Crippen LogP contribution < -0.4 is 10.2 Å². The molecule has 1 amide bonds. The number of furan rings is 1. The molecule has 1 atom stereocenters. The predicted octanol–water partition coefficient (Wildman–Crippen LogP) is 2.54. The van der Waals surface area contributed by atoms with Gasteiger partial charge >= 0.3 is 0 Å². The number of halogens is 1. The molecule has 8 heteroatoms. The summed E-state index contributed by atoms with van der Waals surface area (Å²) in [6.45, 7) is 2.25. The van der Waals surface area contributed by atoms with E-state index in [1.165, 1.54) is 22.6 Å². The van der Waals surface area contributed by atoms with Crippen molar-refractivity contribution in [1.29, 1.82) is 0 Å². The zero-order chi connectivity index (χ0) is 23.0. The summed E-state index contributed by atoms with van der Waals surface area (Å²) >= 11 is 5.84. The molecule has 0 saturated carbocycles. The van der Waals surface area contributed by atoms with Gasteiger partial charge in [-0.3, -0.25) is 4.79 Å². The average Bonchev–Trinajstić information content (AvgIpc) is 3.22. The summed E-state index contributed by atoms with van der Waals surface area (Å²) < 4.78 is 30.4. The Bertz CT molecular complexity index is 1110. The molecule has 1 aromatic heterocycles. The van der Waals surface area contributed by atoms with Crippen LogP contribution in [-0.2, 0) is 27.8 Å². The van der Waals surface area contributed by atoms with Crippen LogP contribution in [0.2, 0.25) is 5.02 Å². The highest BCUT2D eigenvalue weighted by Gasteiger charge is 2.18. The van der Waals surface area contributed by atoms with Gasteiger partial charge in [-0.1, -0.05) is 54.1 Å². The van der Waals surface area contributed by atoms with E-state index in [9.17, 15) is 13.2 Å². The number of benzene rings is 2. The van der Waals surface area contributed by atoms with E-state index in [0.717, 1.165) is 19.5 Å². The maximum absolute atomic E-state index is 12.4. The van der Waals surface area contributed by atoms with Gasteiger partial charge in [0, 0.05) is 11.4 Å². The molecule has 0 radical (unpaired) electrons. The Morgan fingerprint density at radius 2 is 1.66 bits per heavy atom. The van der Waals surface area contributed by atoms with E-state index < -0.39 is 9.84 Å². The van der Waals surface area contributed by atoms with Gasteiger partial charge in [0.1, 0.15) is 11.5 Å². The van der Waals surface area contributed by atoms with Crippen LogP contribution in [0.1, 0.15) is 27.4 Å². The monoisotopic (exact) mass is 475 g/mol. The van der Waals surface area contributed by atoms with Gasteiger partial charge in [0.2, 0.25) is 0 Å². The molecule has 1 heterocycles. The van der Waals surface area contributed by atoms with E-state index in [4.69, 9.17) is 16.0 Å². The van der Waals surface area contributed by atoms with Crippen molar-refractivity contribution in [3.63, 3.8) is 0 Å². The minimum absolute atomic E-state index is 0.114. The Morgan fingerprint density at radius 1 is 0.938 bits per heavy atom. The molecule has 170 valence electrons. The summed E-state index contributed by atoms with van der Waals surface area (Å²) in [5.41, 5.74) is 1.95. The van der Waals surface area contributed by atoms with E-state index >= 15 is 0 Å². The quantitative estimate of drug-likeness (QED) is 0.446. The molecule has 2 aromatic carbocycles. The third-order valence-electron chi connectivity index (χ3n) is 5.07. The first kappa shape index (κ1) is 24.0. The Labute approximate surface area is 194 Å². The van der Waals surface area contributed by atoms with Gasteiger partial charge in [-0.05, 0) is 35.4 Å². The number of likely N-dealkylation sites (N-methyl/N-ethyl adjacent to an activating group) is 1. The number of carbonyl (C=O) groups is 1. The van der Waals surface area contributed by atoms with Crippen LogP contribution in [0.15, 0.2) is 71.1 Å². The fraction of sp³-hybridized carbons (Fsp3) is 0.292. The zero-order valence-corrected chi connectivity index (χ0v) is 19.6. The van der Waals surface area contributed by atoms with Gasteiger partial charge in [0.15, 0.2) is 15.6 Å². The summed E-state index contributed by atoms with van der Waals surface area (Å²) in [5.74, 6) is -0.375. The van der Waals surface area contributed by atoms with E-state index in [-0.39, 0.29) is 28.9 Å². The van der Waals surface area contributed by atoms with Crippen LogP contribution in [-0.4, -0.2) is 41.0 Å². The topological polar surface area (TPSA) is 80.8 Å². The lowest BCUT2D eigenvalue weighted by molar-refractivity contribution is -0.878. The van der Waals surface area contributed by atoms with Crippen molar-refractivity contribution in [2.24, 2.45) is 0 Å². The number of sulfone groups is 1. The summed E-state index contributed by atoms with van der Waals surface area (Å²) in [7, 11) is -1.35. The number of amides is 1. The molecule has 0 aliphatic heterocycles. The van der Waals surface area contributed by atoms with Gasteiger partial charge in [0.05, 0.1) is 32.4 Å². The number of carbonyl (C=O) groups excluding carboxylic acids is 1. The second-order valence-corrected chi connectivity index (χ2v) is 10.4. The number of hydrogen-bond acceptors (Lipinski definition) is 4. The average molecular weight is 476 g/mol. The minimum atomic E-state index is -3.44. The van der Waals surface area contributed by atoms with Crippen LogP contribution in [0.4, 0.5) is 0 Å². The van der Waals surface area contributed by atoms with Crippen LogP contribution in [0.3, 0.4) is 0 Å². The number of nitrogens with one attached hydrogen (secondary N) is 2. The van der Waals surface area contributed by atoms with Crippen LogP contribution >= 0.6 is 11.6 Å². The molecule has 0 aliphatic carbocycles. The fourth-order valence-electron chi connectivity index (χ4n) is 3.28. The number of hydrogen-bond donors (Lipinski definition) is 2. The summed E-state index contributed by atoms with van der Waals surface area (Å²) in [6, 6.07) is 20.0. The lowest BCUT2D eigenvalue weighted by Gasteiger charge is -2.14. The predicted molar refractivity (Wildman–Crippen MR) is 126 cm³/mol. The summed E-state index contributed by atoms with van der Waals surface area (Å²) in [6.07, 6.45) is 0.979. The number of quaternary nitrogens is 1. The normalized spacial score (nSPS) is 12.4. The van der Waals surface area contributed by atoms with Crippen LogP contribution in [0.5, 0.6) is 0 Å². The van der Waals surface area contributed by atoms with Crippen molar-refractivity contribution in [2.75, 3.05) is 26.7 Å². The largest absolute Gasteiger partial charge is 0.455 e. The first-order valence-electron chi connectivity index (χ1n) is 10.5. The molecule has 32 heavy (non-hydrogen) atoms. The van der Waals surface area contributed by atoms with E-state index in [1.54, 1.807) is 24.3 Å². The molecule has 0 fully saturated rings. The molecule has 0 saturated heterocycles. The van der Waals surface area contributed by atoms with Crippen molar-refractivity contribution >= 4 is 27.3 Å². The third-order valence-corrected chi connectivity index (χ3v) is 6.82. The van der Waals surface area contributed by atoms with Crippen LogP contribution in [0, 0.1) is 0 Å². The van der Waals surface area contributed by atoms with Crippen molar-refractivity contribution < 1.29 is 22.5 Å². The highest BCUT2D eigenvalue weighted by atomic mass is 35.5. The maximum Gasteiger partial charge on any atom is 0.287 e. The van der Waals surface area contributed by atoms with Crippen molar-refractivity contribution in [1.82, 2.24) is 5.32 Å². The van der Waals surface area contributed by atoms with Crippen molar-refractivity contribution in [3.8, 4) is 0 Å². The highest BCUT2D eigenvalue weighted by molar-refractivity contribution is 7.89. The molecule has 2 N–H and O–H groups in total. The number of rotatable bonds is 11. The SMILES string of the molecule is C[NH+](CCNC(=O)c1ccc(CS(=O)(=O)Cc2ccc(Cl)cc2)o1)CCc1ccccc1. The first-order valence-corrected chi connectivity index (χ1v) is 12.7. The summed E-state index contributed by atoms with van der Waals surface area (Å²) in [4.78, 5) is 13.6. The molecule has 3 rings (SSSR count). The Kier molecular flexibility index (Phi) is 8.50. The zero-order valence-electron chi connectivity index (χ0n) is 18.0. The molecular weight excluding hydrogens is 448 g/mol. The first-order chi connectivity index (χ1) is 15.3. The summed E-state index contributed by atoms with van der Waals surface area (Å²) in [5, 5.41) is 3.39. The van der Waals surface area contributed by atoms with Gasteiger partial charge in [-0.25, -0.2) is 8.42 Å². The van der Waals surface area contributed by atoms with Gasteiger partial charge < -0.3 is 14.6 Å². The second kappa shape index (κ2) is 11.3. The standard InChI is InChI=1S/C24H27ClN2O4S/c1-27(15-13-19-5-3-2-4-6-19)16-14-26-24(28)23-12-11-22(31-23)18-32(29,30)17-20-7-9-21(25)10-8-20/h2-12H,13-18H2,1H3,(H,26,28)/p+1. The minimum Gasteiger partial charge on any atom is -0.455 e. The van der Waals surface area contributed by atoms with Crippen molar-refractivity contribution in [2.45, 2.75) is 17.9 Å². The lowest BCUT2D eigenvalue weighted by atomic mass is 10.1. The van der Waals surface area contributed by atoms with Crippen molar-refractivity contribution in [3.05, 3.63) is 94.4 Å².